The number of nitrogens with two attached hydrogens (primary N) is 1. The van der Waals surface area contributed by atoms with Crippen LogP contribution >= 0.6 is 0 Å². The summed E-state index contributed by atoms with van der Waals surface area (Å²) < 4.78 is 0. The zero-order chi connectivity index (χ0) is 13.3. The average Bonchev–Trinajstić information content (AvgIpc) is 2.77. The van der Waals surface area contributed by atoms with Crippen LogP contribution in [0.4, 0.5) is 4.79 Å². The Hall–Kier alpha value is -1.30. The third-order valence-electron chi connectivity index (χ3n) is 4.09. The number of rotatable bonds is 3. The number of nitrogens with zero attached hydrogens (tertiary/aromatic N) is 2. The van der Waals surface area contributed by atoms with Crippen molar-refractivity contribution in [2.24, 2.45) is 11.7 Å². The van der Waals surface area contributed by atoms with Crippen molar-refractivity contribution < 1.29 is 9.59 Å². The summed E-state index contributed by atoms with van der Waals surface area (Å²) in [5.41, 5.74) is 5.98. The molecule has 0 aliphatic carbocycles. The van der Waals surface area contributed by atoms with Gasteiger partial charge in [0, 0.05) is 26.2 Å². The van der Waals surface area contributed by atoms with E-state index in [-0.39, 0.29) is 23.9 Å². The molecular weight excluding hydrogens is 232 g/mol. The number of hydrogen-bond donors (Lipinski definition) is 2. The summed E-state index contributed by atoms with van der Waals surface area (Å²) >= 11 is 0. The van der Waals surface area contributed by atoms with Crippen LogP contribution in [0.3, 0.4) is 0 Å². The predicted octanol–water partition coefficient (Wildman–Crippen LogP) is -0.404. The van der Waals surface area contributed by atoms with Crippen LogP contribution in [0.1, 0.15) is 20.3 Å². The van der Waals surface area contributed by atoms with Crippen molar-refractivity contribution in [3.05, 3.63) is 0 Å². The SMILES string of the molecule is CCC(C)C(N)C(=O)N1CCN2C(=O)NCC2C1. The van der Waals surface area contributed by atoms with E-state index in [1.165, 1.54) is 0 Å². The molecule has 0 spiro atoms. The first kappa shape index (κ1) is 13.1. The summed E-state index contributed by atoms with van der Waals surface area (Å²) in [5.74, 6) is 0.210. The van der Waals surface area contributed by atoms with Gasteiger partial charge in [-0.2, -0.15) is 0 Å². The Morgan fingerprint density at radius 1 is 1.56 bits per heavy atom. The summed E-state index contributed by atoms with van der Waals surface area (Å²) in [6.07, 6.45) is 0.899. The zero-order valence-corrected chi connectivity index (χ0v) is 11.1. The molecule has 0 aromatic heterocycles. The highest BCUT2D eigenvalue weighted by atomic mass is 16.2. The zero-order valence-electron chi connectivity index (χ0n) is 11.1. The molecule has 3 unspecified atom stereocenters. The van der Waals surface area contributed by atoms with Crippen LogP contribution in [-0.4, -0.2) is 60.0 Å². The van der Waals surface area contributed by atoms with Gasteiger partial charge in [0.15, 0.2) is 0 Å². The number of fused-ring (bicyclic) bond motifs is 1. The largest absolute Gasteiger partial charge is 0.337 e. The Kier molecular flexibility index (Phi) is 3.75. The molecular formula is C12H22N4O2. The van der Waals surface area contributed by atoms with Gasteiger partial charge in [-0.15, -0.1) is 0 Å². The van der Waals surface area contributed by atoms with Gasteiger partial charge in [0.05, 0.1) is 12.1 Å². The Bertz CT molecular complexity index is 347. The molecule has 0 bridgehead atoms. The van der Waals surface area contributed by atoms with Gasteiger partial charge >= 0.3 is 6.03 Å². The van der Waals surface area contributed by atoms with Crippen molar-refractivity contribution in [2.45, 2.75) is 32.4 Å². The highest BCUT2D eigenvalue weighted by Crippen LogP contribution is 2.16. The number of urea groups is 1. The third kappa shape index (κ3) is 2.29. The lowest BCUT2D eigenvalue weighted by atomic mass is 9.98. The second-order valence-electron chi connectivity index (χ2n) is 5.23. The Balaban J connectivity index is 1.95. The molecule has 6 nitrogen and oxygen atoms in total. The van der Waals surface area contributed by atoms with Gasteiger partial charge in [-0.05, 0) is 5.92 Å². The molecule has 6 heteroatoms. The van der Waals surface area contributed by atoms with Crippen molar-refractivity contribution in [3.8, 4) is 0 Å². The first-order valence-electron chi connectivity index (χ1n) is 6.63. The van der Waals surface area contributed by atoms with Crippen molar-refractivity contribution >= 4 is 11.9 Å². The standard InChI is InChI=1S/C12H22N4O2/c1-3-8(2)10(13)11(17)15-4-5-16-9(7-15)6-14-12(16)18/h8-10H,3-7,13H2,1-2H3,(H,14,18). The van der Waals surface area contributed by atoms with E-state index in [1.807, 2.05) is 13.8 Å². The molecule has 2 heterocycles. The van der Waals surface area contributed by atoms with Crippen molar-refractivity contribution in [1.29, 1.82) is 0 Å². The number of carbonyl (C=O) groups is 2. The molecule has 3 atom stereocenters. The van der Waals surface area contributed by atoms with E-state index < -0.39 is 6.04 Å². The van der Waals surface area contributed by atoms with E-state index >= 15 is 0 Å². The monoisotopic (exact) mass is 254 g/mol. The summed E-state index contributed by atoms with van der Waals surface area (Å²) in [5, 5.41) is 2.80. The molecule has 2 rings (SSSR count). The molecule has 3 amide bonds. The van der Waals surface area contributed by atoms with Gasteiger partial charge < -0.3 is 20.9 Å². The van der Waals surface area contributed by atoms with Gasteiger partial charge in [0.25, 0.3) is 0 Å². The van der Waals surface area contributed by atoms with Crippen molar-refractivity contribution in [2.75, 3.05) is 26.2 Å². The van der Waals surface area contributed by atoms with Crippen LogP contribution in [0.2, 0.25) is 0 Å². The van der Waals surface area contributed by atoms with E-state index in [0.717, 1.165) is 6.42 Å². The lowest BCUT2D eigenvalue weighted by molar-refractivity contribution is -0.135. The Morgan fingerprint density at radius 3 is 2.94 bits per heavy atom. The molecule has 0 saturated carbocycles. The number of nitrogens with one attached hydrogen (secondary N) is 1. The minimum atomic E-state index is -0.424. The fraction of sp³-hybridized carbons (Fsp3) is 0.833. The quantitative estimate of drug-likeness (QED) is 0.719. The van der Waals surface area contributed by atoms with E-state index in [0.29, 0.717) is 26.2 Å². The number of hydrogen-bond acceptors (Lipinski definition) is 3. The van der Waals surface area contributed by atoms with Crippen LogP contribution in [-0.2, 0) is 4.79 Å². The van der Waals surface area contributed by atoms with Crippen LogP contribution in [0, 0.1) is 5.92 Å². The van der Waals surface area contributed by atoms with Crippen LogP contribution in [0.25, 0.3) is 0 Å². The van der Waals surface area contributed by atoms with Crippen LogP contribution < -0.4 is 11.1 Å². The lowest BCUT2D eigenvalue weighted by Gasteiger charge is -2.38. The van der Waals surface area contributed by atoms with E-state index in [9.17, 15) is 9.59 Å². The molecule has 0 aromatic rings. The fourth-order valence-corrected chi connectivity index (χ4v) is 2.51. The maximum Gasteiger partial charge on any atom is 0.317 e. The van der Waals surface area contributed by atoms with Gasteiger partial charge in [-0.3, -0.25) is 4.79 Å². The molecule has 2 saturated heterocycles. The number of carbonyl (C=O) groups excluding carboxylic acids is 2. The number of amides is 3. The first-order chi connectivity index (χ1) is 8.54. The highest BCUT2D eigenvalue weighted by molar-refractivity contribution is 5.83. The van der Waals surface area contributed by atoms with Crippen molar-refractivity contribution in [3.63, 3.8) is 0 Å². The minimum absolute atomic E-state index is 0.0154. The van der Waals surface area contributed by atoms with Gasteiger partial charge in [-0.1, -0.05) is 20.3 Å². The first-order valence-corrected chi connectivity index (χ1v) is 6.63. The second-order valence-corrected chi connectivity index (χ2v) is 5.23. The molecule has 0 aromatic carbocycles. The van der Waals surface area contributed by atoms with E-state index in [2.05, 4.69) is 5.32 Å². The normalized spacial score (nSPS) is 26.6. The predicted molar refractivity (Wildman–Crippen MR) is 67.9 cm³/mol. The molecule has 2 fully saturated rings. The average molecular weight is 254 g/mol. The highest BCUT2D eigenvalue weighted by Gasteiger charge is 2.38. The molecule has 2 aliphatic rings. The molecule has 3 N–H and O–H groups in total. The van der Waals surface area contributed by atoms with Gasteiger partial charge in [0.1, 0.15) is 0 Å². The van der Waals surface area contributed by atoms with Crippen LogP contribution in [0.15, 0.2) is 0 Å². The smallest absolute Gasteiger partial charge is 0.317 e. The Morgan fingerprint density at radius 2 is 2.28 bits per heavy atom. The molecule has 18 heavy (non-hydrogen) atoms. The topological polar surface area (TPSA) is 78.7 Å². The summed E-state index contributed by atoms with van der Waals surface area (Å²) in [6.45, 7) is 6.46. The minimum Gasteiger partial charge on any atom is -0.337 e. The molecule has 0 radical (unpaired) electrons. The summed E-state index contributed by atoms with van der Waals surface area (Å²) in [6, 6.07) is -0.329. The lowest BCUT2D eigenvalue weighted by Crippen LogP contribution is -2.57. The summed E-state index contributed by atoms with van der Waals surface area (Å²) in [7, 11) is 0. The van der Waals surface area contributed by atoms with Crippen molar-refractivity contribution in [1.82, 2.24) is 15.1 Å². The maximum absolute atomic E-state index is 12.2. The van der Waals surface area contributed by atoms with Gasteiger partial charge in [-0.25, -0.2) is 4.79 Å². The second kappa shape index (κ2) is 5.14. The molecule has 2 aliphatic heterocycles. The Labute approximate surface area is 107 Å². The fourth-order valence-electron chi connectivity index (χ4n) is 2.51. The van der Waals surface area contributed by atoms with Crippen LogP contribution in [0.5, 0.6) is 0 Å². The maximum atomic E-state index is 12.2. The summed E-state index contributed by atoms with van der Waals surface area (Å²) in [4.78, 5) is 27.3. The molecule has 102 valence electrons. The van der Waals surface area contributed by atoms with Gasteiger partial charge in [0.2, 0.25) is 5.91 Å². The van der Waals surface area contributed by atoms with E-state index in [1.54, 1.807) is 9.80 Å². The van der Waals surface area contributed by atoms with E-state index in [4.69, 9.17) is 5.73 Å². The third-order valence-corrected chi connectivity index (χ3v) is 4.09. The number of piperazine rings is 1.